The number of halogens is 1. The third kappa shape index (κ3) is 3.16. The van der Waals surface area contributed by atoms with Crippen LogP contribution >= 0.6 is 23.4 Å². The van der Waals surface area contributed by atoms with Crippen LogP contribution in [0.4, 0.5) is 0 Å². The molecular weight excluding hydrogens is 316 g/mol. The number of hydrogen-bond donors (Lipinski definition) is 3. The van der Waals surface area contributed by atoms with E-state index in [0.29, 0.717) is 12.0 Å². The minimum absolute atomic E-state index is 0.203. The standard InChI is InChI=1S/C16H23ClN4S/c17-13-8-4-7-12-9-21-15(18-14(12)13)19-16(20-21)22-10-11-5-2-1-3-6-11/h1-3,5-6,12-16,18-20H,4,7-10H2. The van der Waals surface area contributed by atoms with Crippen molar-refractivity contribution in [2.45, 2.75) is 48.2 Å². The highest BCUT2D eigenvalue weighted by molar-refractivity contribution is 7.99. The summed E-state index contributed by atoms with van der Waals surface area (Å²) in [5.41, 5.74) is 5.21. The van der Waals surface area contributed by atoms with Crippen molar-refractivity contribution in [1.82, 2.24) is 21.1 Å². The molecule has 5 unspecified atom stereocenters. The molecule has 2 aliphatic heterocycles. The Hall–Kier alpha value is -0.300. The first-order valence-electron chi connectivity index (χ1n) is 8.14. The minimum atomic E-state index is 0.203. The summed E-state index contributed by atoms with van der Waals surface area (Å²) in [4.78, 5) is 0. The number of alkyl halides is 1. The van der Waals surface area contributed by atoms with E-state index in [9.17, 15) is 0 Å². The lowest BCUT2D eigenvalue weighted by molar-refractivity contribution is 0.0350. The van der Waals surface area contributed by atoms with Gasteiger partial charge >= 0.3 is 0 Å². The summed E-state index contributed by atoms with van der Waals surface area (Å²) < 4.78 is 0. The molecule has 1 aliphatic carbocycles. The molecule has 2 saturated heterocycles. The summed E-state index contributed by atoms with van der Waals surface area (Å²) in [6, 6.07) is 11.1. The van der Waals surface area contributed by atoms with Crippen molar-refractivity contribution in [2.75, 3.05) is 6.54 Å². The predicted octanol–water partition coefficient (Wildman–Crippen LogP) is 2.28. The Labute approximate surface area is 141 Å². The molecule has 4 rings (SSSR count). The van der Waals surface area contributed by atoms with E-state index >= 15 is 0 Å². The molecule has 1 aromatic rings. The van der Waals surface area contributed by atoms with Crippen LogP contribution < -0.4 is 16.1 Å². The maximum Gasteiger partial charge on any atom is 0.129 e. The van der Waals surface area contributed by atoms with Gasteiger partial charge in [0.15, 0.2) is 0 Å². The molecule has 0 spiro atoms. The van der Waals surface area contributed by atoms with Gasteiger partial charge in [0.25, 0.3) is 0 Å². The van der Waals surface area contributed by atoms with Crippen molar-refractivity contribution < 1.29 is 0 Å². The Morgan fingerprint density at radius 3 is 2.91 bits per heavy atom. The van der Waals surface area contributed by atoms with Gasteiger partial charge in [-0.25, -0.2) is 10.4 Å². The van der Waals surface area contributed by atoms with E-state index in [-0.39, 0.29) is 17.2 Å². The first kappa shape index (κ1) is 15.2. The van der Waals surface area contributed by atoms with Gasteiger partial charge in [0.2, 0.25) is 0 Å². The normalized spacial score (nSPS) is 38.5. The molecule has 22 heavy (non-hydrogen) atoms. The summed E-state index contributed by atoms with van der Waals surface area (Å²) in [6.07, 6.45) is 3.89. The molecule has 0 bridgehead atoms. The summed E-state index contributed by atoms with van der Waals surface area (Å²) >= 11 is 8.42. The third-order valence-corrected chi connectivity index (χ3v) is 6.46. The SMILES string of the molecule is ClC1CCCC2CN3NC(SCc4ccccc4)NC3NC12. The lowest BCUT2D eigenvalue weighted by Crippen LogP contribution is -2.65. The van der Waals surface area contributed by atoms with E-state index in [2.05, 4.69) is 51.4 Å². The quantitative estimate of drug-likeness (QED) is 0.738. The van der Waals surface area contributed by atoms with Gasteiger partial charge in [-0.2, -0.15) is 0 Å². The first-order valence-corrected chi connectivity index (χ1v) is 9.62. The Morgan fingerprint density at radius 1 is 1.18 bits per heavy atom. The molecule has 3 N–H and O–H groups in total. The molecule has 1 aromatic carbocycles. The van der Waals surface area contributed by atoms with Crippen LogP contribution in [0.3, 0.4) is 0 Å². The van der Waals surface area contributed by atoms with E-state index in [1.807, 2.05) is 11.8 Å². The zero-order valence-corrected chi connectivity index (χ0v) is 14.1. The van der Waals surface area contributed by atoms with Gasteiger partial charge in [0.05, 0.1) is 0 Å². The fraction of sp³-hybridized carbons (Fsp3) is 0.625. The van der Waals surface area contributed by atoms with Crippen molar-refractivity contribution >= 4 is 23.4 Å². The van der Waals surface area contributed by atoms with E-state index in [1.54, 1.807) is 0 Å². The Balaban J connectivity index is 1.34. The van der Waals surface area contributed by atoms with E-state index in [0.717, 1.165) is 18.7 Å². The third-order valence-electron chi connectivity index (χ3n) is 4.90. The van der Waals surface area contributed by atoms with Gasteiger partial charge in [-0.3, -0.25) is 10.6 Å². The maximum absolute atomic E-state index is 6.52. The average molecular weight is 339 g/mol. The molecule has 120 valence electrons. The average Bonchev–Trinajstić information content (AvgIpc) is 2.94. The molecule has 0 amide bonds. The lowest BCUT2D eigenvalue weighted by Gasteiger charge is -2.45. The van der Waals surface area contributed by atoms with Crippen LogP contribution in [0.5, 0.6) is 0 Å². The number of rotatable bonds is 3. The molecule has 6 heteroatoms. The fourth-order valence-electron chi connectivity index (χ4n) is 3.74. The summed E-state index contributed by atoms with van der Waals surface area (Å²) in [5.74, 6) is 1.68. The van der Waals surface area contributed by atoms with Crippen molar-refractivity contribution in [3.8, 4) is 0 Å². The number of hydrogen-bond acceptors (Lipinski definition) is 5. The van der Waals surface area contributed by atoms with Gasteiger partial charge in [-0.05, 0) is 24.3 Å². The van der Waals surface area contributed by atoms with Crippen LogP contribution in [0.1, 0.15) is 24.8 Å². The van der Waals surface area contributed by atoms with Gasteiger partial charge in [-0.1, -0.05) is 36.8 Å². The lowest BCUT2D eigenvalue weighted by atomic mass is 9.83. The van der Waals surface area contributed by atoms with Crippen LogP contribution in [0.25, 0.3) is 0 Å². The topological polar surface area (TPSA) is 39.3 Å². The van der Waals surface area contributed by atoms with Crippen molar-refractivity contribution in [1.29, 1.82) is 0 Å². The molecule has 2 heterocycles. The molecule has 4 nitrogen and oxygen atoms in total. The highest BCUT2D eigenvalue weighted by Gasteiger charge is 2.44. The van der Waals surface area contributed by atoms with Crippen molar-refractivity contribution in [3.63, 3.8) is 0 Å². The van der Waals surface area contributed by atoms with Gasteiger partial charge in [0.1, 0.15) is 11.8 Å². The Kier molecular flexibility index (Phi) is 4.62. The summed E-state index contributed by atoms with van der Waals surface area (Å²) in [5, 5.41) is 9.92. The summed E-state index contributed by atoms with van der Waals surface area (Å²) in [7, 11) is 0. The number of fused-ring (bicyclic) bond motifs is 2. The smallest absolute Gasteiger partial charge is 0.129 e. The molecule has 0 aromatic heterocycles. The monoisotopic (exact) mass is 338 g/mol. The molecule has 3 fully saturated rings. The zero-order chi connectivity index (χ0) is 14.9. The van der Waals surface area contributed by atoms with Gasteiger partial charge in [-0.15, -0.1) is 23.4 Å². The molecule has 0 radical (unpaired) electrons. The van der Waals surface area contributed by atoms with Crippen LogP contribution in [0.2, 0.25) is 0 Å². The zero-order valence-electron chi connectivity index (χ0n) is 12.5. The number of nitrogens with one attached hydrogen (secondary N) is 3. The van der Waals surface area contributed by atoms with Crippen molar-refractivity contribution in [2.24, 2.45) is 5.92 Å². The second-order valence-electron chi connectivity index (χ2n) is 6.43. The van der Waals surface area contributed by atoms with Gasteiger partial charge in [0, 0.05) is 23.7 Å². The maximum atomic E-state index is 6.52. The highest BCUT2D eigenvalue weighted by atomic mass is 35.5. The van der Waals surface area contributed by atoms with Crippen molar-refractivity contribution in [3.05, 3.63) is 35.9 Å². The number of nitrogens with zero attached hydrogens (tertiary/aromatic N) is 1. The Bertz CT molecular complexity index is 502. The molecule has 5 atom stereocenters. The number of benzene rings is 1. The predicted molar refractivity (Wildman–Crippen MR) is 92.2 cm³/mol. The Morgan fingerprint density at radius 2 is 2.05 bits per heavy atom. The van der Waals surface area contributed by atoms with E-state index in [1.165, 1.54) is 18.4 Å². The molecular formula is C16H23ClN4S. The summed E-state index contributed by atoms with van der Waals surface area (Å²) in [6.45, 7) is 1.08. The van der Waals surface area contributed by atoms with Crippen LogP contribution in [0, 0.1) is 5.92 Å². The first-order chi connectivity index (χ1) is 10.8. The number of thioether (sulfide) groups is 1. The minimum Gasteiger partial charge on any atom is -0.284 e. The van der Waals surface area contributed by atoms with Crippen LogP contribution in [0.15, 0.2) is 30.3 Å². The van der Waals surface area contributed by atoms with E-state index in [4.69, 9.17) is 11.6 Å². The molecule has 3 aliphatic rings. The van der Waals surface area contributed by atoms with Gasteiger partial charge < -0.3 is 0 Å². The molecule has 1 saturated carbocycles. The highest BCUT2D eigenvalue weighted by Crippen LogP contribution is 2.33. The van der Waals surface area contributed by atoms with E-state index < -0.39 is 0 Å². The second-order valence-corrected chi connectivity index (χ2v) is 8.08. The van der Waals surface area contributed by atoms with Crippen LogP contribution in [-0.2, 0) is 5.75 Å². The largest absolute Gasteiger partial charge is 0.284 e. The van der Waals surface area contributed by atoms with Crippen LogP contribution in [-0.4, -0.2) is 34.8 Å². The number of hydrazine groups is 1. The fourth-order valence-corrected chi connectivity index (χ4v) is 5.16. The second kappa shape index (κ2) is 6.67.